The van der Waals surface area contributed by atoms with Crippen molar-refractivity contribution in [1.29, 1.82) is 10.5 Å². The van der Waals surface area contributed by atoms with E-state index in [0.717, 1.165) is 0 Å². The molecule has 0 saturated heterocycles. The first-order valence-electron chi connectivity index (χ1n) is 12.1. The number of benzene rings is 3. The van der Waals surface area contributed by atoms with Gasteiger partial charge in [-0.05, 0) is 0 Å². The number of aromatic nitrogens is 4. The van der Waals surface area contributed by atoms with Gasteiger partial charge < -0.3 is 0 Å². The monoisotopic (exact) mass is 596 g/mol. The minimum Gasteiger partial charge on any atom is -0.244 e. The van der Waals surface area contributed by atoms with Crippen LogP contribution in [0.4, 0.5) is 26.3 Å². The van der Waals surface area contributed by atoms with Crippen molar-refractivity contribution >= 4 is 33.5 Å². The van der Waals surface area contributed by atoms with Crippen LogP contribution in [0.1, 0.15) is 11.4 Å². The number of fused-ring (bicyclic) bond motifs is 2. The maximum atomic E-state index is 14.4. The van der Waals surface area contributed by atoms with Gasteiger partial charge in [0, 0.05) is 21.6 Å². The molecule has 44 heavy (non-hydrogen) atoms. The van der Waals surface area contributed by atoms with Crippen molar-refractivity contribution in [2.24, 2.45) is 0 Å². The lowest BCUT2D eigenvalue weighted by Gasteiger charge is -2.17. The first kappa shape index (κ1) is 29.1. The number of hydrogen-bond donors (Lipinski definition) is 0. The molecule has 2 aromatic heterocycles. The molecule has 0 radical (unpaired) electrons. The normalized spacial score (nSPS) is 11.3. The second-order valence-electron chi connectivity index (χ2n) is 8.86. The van der Waals surface area contributed by atoms with Crippen LogP contribution in [-0.2, 0) is 12.4 Å². The van der Waals surface area contributed by atoms with Gasteiger partial charge in [0.1, 0.15) is 11.4 Å². The van der Waals surface area contributed by atoms with Crippen molar-refractivity contribution in [3.63, 3.8) is 0 Å². The molecule has 14 heteroatoms. The highest BCUT2D eigenvalue weighted by atomic mass is 19.4. The highest BCUT2D eigenvalue weighted by Gasteiger charge is 2.39. The van der Waals surface area contributed by atoms with Gasteiger partial charge in [0.05, 0.1) is 47.3 Å². The number of nitrogens with zero attached hydrogens (tertiary/aromatic N) is 8. The summed E-state index contributed by atoms with van der Waals surface area (Å²) in [6.07, 6.45) is -10.4. The van der Waals surface area contributed by atoms with Gasteiger partial charge in [-0.2, -0.15) is 26.3 Å². The molecule has 0 unspecified atom stereocenters. The standard InChI is InChI=1S/C30H10F6N8/c1-39-17(13-37)19-23-25(43-27(29(31,32)33)21(41-23)15-9-5-3-6-10-15)20(18(14-38)40-2)26-24(19)42-22(16-11-7-4-8-12-16)28(44-26)30(34,35)36/h3-12H. The minimum atomic E-state index is -5.18. The average molecular weight is 596 g/mol. The van der Waals surface area contributed by atoms with Crippen LogP contribution in [0.3, 0.4) is 0 Å². The average Bonchev–Trinajstić information content (AvgIpc) is 3.01. The Morgan fingerprint density at radius 2 is 0.886 bits per heavy atom. The fraction of sp³-hybridized carbons (Fsp3) is 0.0667. The zero-order chi connectivity index (χ0) is 31.8. The van der Waals surface area contributed by atoms with Crippen LogP contribution < -0.4 is 10.4 Å². The van der Waals surface area contributed by atoms with E-state index < -0.39 is 79.0 Å². The summed E-state index contributed by atoms with van der Waals surface area (Å²) in [5, 5.41) is 18.2. The number of rotatable bonds is 2. The van der Waals surface area contributed by atoms with Gasteiger partial charge in [-0.25, -0.2) is 40.1 Å². The Hall–Kier alpha value is -6.38. The summed E-state index contributed by atoms with van der Waals surface area (Å²) in [6, 6.07) is 17.0. The number of halogens is 6. The predicted molar refractivity (Wildman–Crippen MR) is 144 cm³/mol. The summed E-state index contributed by atoms with van der Waals surface area (Å²) in [6.45, 7) is 15.1. The van der Waals surface area contributed by atoms with E-state index in [0.29, 0.717) is 0 Å². The predicted octanol–water partition coefficient (Wildman–Crippen LogP) is 6.05. The van der Waals surface area contributed by atoms with Crippen LogP contribution in [0.2, 0.25) is 0 Å². The third-order valence-corrected chi connectivity index (χ3v) is 6.28. The maximum absolute atomic E-state index is 14.4. The quantitative estimate of drug-likeness (QED) is 0.140. The fourth-order valence-electron chi connectivity index (χ4n) is 4.50. The Morgan fingerprint density at radius 3 is 1.16 bits per heavy atom. The Labute approximate surface area is 242 Å². The first-order chi connectivity index (χ1) is 20.9. The Balaban J connectivity index is 2.24. The molecule has 212 valence electrons. The van der Waals surface area contributed by atoms with E-state index in [-0.39, 0.29) is 11.1 Å². The lowest BCUT2D eigenvalue weighted by atomic mass is 10.0. The van der Waals surface area contributed by atoms with Gasteiger partial charge in [-0.15, -0.1) is 0 Å². The highest BCUT2D eigenvalue weighted by molar-refractivity contribution is 6.00. The molecule has 0 fully saturated rings. The SMILES string of the molecule is [C-]#[N+]C(C#N)=c1c2nc(-c3ccccc3)c(C(F)(F)F)nc2c(=C(C#N)[N+]#[C-])c2nc(C(F)(F)F)c(-c3ccccc3)nc12. The highest BCUT2D eigenvalue weighted by Crippen LogP contribution is 2.37. The van der Waals surface area contributed by atoms with Crippen LogP contribution in [0.5, 0.6) is 0 Å². The van der Waals surface area contributed by atoms with Gasteiger partial charge in [-0.3, -0.25) is 0 Å². The lowest BCUT2D eigenvalue weighted by molar-refractivity contribution is -0.141. The molecule has 8 nitrogen and oxygen atoms in total. The van der Waals surface area contributed by atoms with Crippen molar-refractivity contribution in [3.05, 3.63) is 105 Å². The van der Waals surface area contributed by atoms with Crippen LogP contribution in [0.15, 0.2) is 60.7 Å². The van der Waals surface area contributed by atoms with E-state index >= 15 is 0 Å². The molecule has 0 bridgehead atoms. The summed E-state index contributed by atoms with van der Waals surface area (Å²) in [5.41, 5.74) is -9.40. The molecular weight excluding hydrogens is 586 g/mol. The second kappa shape index (κ2) is 10.8. The molecule has 0 amide bonds. The zero-order valence-corrected chi connectivity index (χ0v) is 21.6. The lowest BCUT2D eigenvalue weighted by Crippen LogP contribution is -2.26. The number of nitriles is 2. The molecular formula is C30H10F6N8. The molecule has 0 aliphatic rings. The Morgan fingerprint density at radius 1 is 0.568 bits per heavy atom. The molecule has 2 heterocycles. The molecule has 0 saturated carbocycles. The van der Waals surface area contributed by atoms with E-state index in [1.165, 1.54) is 66.7 Å². The van der Waals surface area contributed by atoms with Gasteiger partial charge in [0.25, 0.3) is 11.4 Å². The number of hydrogen-bond acceptors (Lipinski definition) is 6. The van der Waals surface area contributed by atoms with E-state index in [1.807, 2.05) is 0 Å². The van der Waals surface area contributed by atoms with Crippen LogP contribution in [0.25, 0.3) is 65.7 Å². The van der Waals surface area contributed by atoms with Crippen molar-refractivity contribution in [2.45, 2.75) is 12.4 Å². The number of alkyl halides is 6. The summed E-state index contributed by atoms with van der Waals surface area (Å²) < 4.78 is 86.4. The van der Waals surface area contributed by atoms with Gasteiger partial charge >= 0.3 is 12.4 Å². The Bertz CT molecular complexity index is 2130. The fourth-order valence-corrected chi connectivity index (χ4v) is 4.50. The zero-order valence-electron chi connectivity index (χ0n) is 21.6. The minimum absolute atomic E-state index is 0.0683. The topological polar surface area (TPSA) is 108 Å². The van der Waals surface area contributed by atoms with Crippen molar-refractivity contribution in [2.75, 3.05) is 0 Å². The molecule has 0 spiro atoms. The summed E-state index contributed by atoms with van der Waals surface area (Å²) in [5.74, 6) is 0. The van der Waals surface area contributed by atoms with Crippen molar-refractivity contribution in [1.82, 2.24) is 19.9 Å². The summed E-state index contributed by atoms with van der Waals surface area (Å²) in [7, 11) is 0. The van der Waals surface area contributed by atoms with Gasteiger partial charge in [0.15, 0.2) is 11.4 Å². The second-order valence-corrected chi connectivity index (χ2v) is 8.86. The third kappa shape index (κ3) is 4.87. The van der Waals surface area contributed by atoms with Gasteiger partial charge in [-0.1, -0.05) is 60.7 Å². The summed E-state index contributed by atoms with van der Waals surface area (Å²) >= 11 is 0. The smallest absolute Gasteiger partial charge is 0.244 e. The molecule has 5 aromatic rings. The van der Waals surface area contributed by atoms with E-state index in [1.54, 1.807) is 6.07 Å². The van der Waals surface area contributed by atoms with E-state index in [2.05, 4.69) is 29.6 Å². The molecule has 5 rings (SSSR count). The third-order valence-electron chi connectivity index (χ3n) is 6.28. The van der Waals surface area contributed by atoms with Crippen LogP contribution in [-0.4, -0.2) is 19.9 Å². The van der Waals surface area contributed by atoms with Crippen LogP contribution in [0, 0.1) is 35.8 Å². The molecule has 0 aliphatic carbocycles. The maximum Gasteiger partial charge on any atom is 0.435 e. The molecule has 0 N–H and O–H groups in total. The Kier molecular flexibility index (Phi) is 7.14. The largest absolute Gasteiger partial charge is 0.435 e. The van der Waals surface area contributed by atoms with E-state index in [4.69, 9.17) is 13.1 Å². The van der Waals surface area contributed by atoms with Crippen molar-refractivity contribution < 1.29 is 26.3 Å². The van der Waals surface area contributed by atoms with Crippen LogP contribution >= 0.6 is 0 Å². The summed E-state index contributed by atoms with van der Waals surface area (Å²) in [4.78, 5) is 21.8. The van der Waals surface area contributed by atoms with E-state index in [9.17, 15) is 36.9 Å². The molecule has 0 aliphatic heterocycles. The first-order valence-corrected chi connectivity index (χ1v) is 12.1. The van der Waals surface area contributed by atoms with Crippen molar-refractivity contribution in [3.8, 4) is 34.7 Å². The molecule has 3 aromatic carbocycles. The van der Waals surface area contributed by atoms with Gasteiger partial charge in [0.2, 0.25) is 0 Å². The molecule has 0 atom stereocenters.